The number of benzene rings is 2. The van der Waals surface area contributed by atoms with Crippen molar-refractivity contribution in [2.45, 2.75) is 19.6 Å². The lowest BCUT2D eigenvalue weighted by Gasteiger charge is -2.13. The fourth-order valence-electron chi connectivity index (χ4n) is 2.65. The summed E-state index contributed by atoms with van der Waals surface area (Å²) in [6.07, 6.45) is 5.55. The third kappa shape index (κ3) is 2.74. The van der Waals surface area contributed by atoms with Gasteiger partial charge in [-0.1, -0.05) is 41.2 Å². The van der Waals surface area contributed by atoms with Crippen molar-refractivity contribution < 1.29 is 4.84 Å². The Hall–Kier alpha value is -3.15. The predicted octanol–water partition coefficient (Wildman–Crippen LogP) is 2.87. The van der Waals surface area contributed by atoms with Crippen LogP contribution in [0.2, 0.25) is 0 Å². The summed E-state index contributed by atoms with van der Waals surface area (Å²) in [5.74, 6) is 0. The Balaban J connectivity index is 1.61. The van der Waals surface area contributed by atoms with E-state index in [-0.39, 0.29) is 6.04 Å². The quantitative estimate of drug-likeness (QED) is 0.567. The number of rotatable bonds is 5. The van der Waals surface area contributed by atoms with Gasteiger partial charge in [0.15, 0.2) is 0 Å². The Labute approximate surface area is 139 Å². The van der Waals surface area contributed by atoms with E-state index in [0.29, 0.717) is 6.61 Å². The first-order chi connectivity index (χ1) is 11.8. The fourth-order valence-corrected chi connectivity index (χ4v) is 2.65. The summed E-state index contributed by atoms with van der Waals surface area (Å²) < 4.78 is 2.06. The monoisotopic (exact) mass is 319 g/mol. The Kier molecular flexibility index (Phi) is 3.70. The van der Waals surface area contributed by atoms with Gasteiger partial charge in [-0.15, -0.1) is 5.10 Å². The van der Waals surface area contributed by atoms with E-state index >= 15 is 0 Å². The van der Waals surface area contributed by atoms with Gasteiger partial charge in [0.05, 0.1) is 12.4 Å². The van der Waals surface area contributed by atoms with Gasteiger partial charge in [-0.05, 0) is 35.4 Å². The van der Waals surface area contributed by atoms with Crippen LogP contribution < -0.4 is 4.84 Å². The van der Waals surface area contributed by atoms with Gasteiger partial charge in [-0.3, -0.25) is 0 Å². The van der Waals surface area contributed by atoms with Gasteiger partial charge in [0, 0.05) is 12.4 Å². The molecule has 0 saturated heterocycles. The molecular weight excluding hydrogens is 302 g/mol. The molecule has 0 aliphatic rings. The van der Waals surface area contributed by atoms with Gasteiger partial charge < -0.3 is 9.40 Å². The maximum Gasteiger partial charge on any atom is 0.142 e. The molecule has 0 spiro atoms. The molecule has 0 aliphatic carbocycles. The molecule has 0 saturated carbocycles. The van der Waals surface area contributed by atoms with Crippen molar-refractivity contribution in [3.63, 3.8) is 0 Å². The Morgan fingerprint density at radius 1 is 1.12 bits per heavy atom. The van der Waals surface area contributed by atoms with Crippen molar-refractivity contribution >= 4 is 11.0 Å². The van der Waals surface area contributed by atoms with Crippen LogP contribution in [-0.2, 0) is 6.61 Å². The molecule has 0 amide bonds. The van der Waals surface area contributed by atoms with E-state index in [9.17, 15) is 0 Å². The number of hydrogen-bond donors (Lipinski definition) is 0. The molecule has 6 heteroatoms. The molecule has 0 bridgehead atoms. The molecule has 0 radical (unpaired) electrons. The van der Waals surface area contributed by atoms with E-state index in [0.717, 1.165) is 22.2 Å². The number of hydrogen-bond acceptors (Lipinski definition) is 4. The van der Waals surface area contributed by atoms with Crippen LogP contribution in [0, 0.1) is 0 Å². The Morgan fingerprint density at radius 2 is 2.00 bits per heavy atom. The smallest absolute Gasteiger partial charge is 0.142 e. The topological polar surface area (TPSA) is 57.8 Å². The van der Waals surface area contributed by atoms with Gasteiger partial charge in [0.25, 0.3) is 0 Å². The van der Waals surface area contributed by atoms with E-state index in [4.69, 9.17) is 4.84 Å². The van der Waals surface area contributed by atoms with Gasteiger partial charge >= 0.3 is 0 Å². The van der Waals surface area contributed by atoms with Crippen LogP contribution in [0.25, 0.3) is 11.0 Å². The summed E-state index contributed by atoms with van der Waals surface area (Å²) in [4.78, 5) is 11.4. The second-order valence-electron chi connectivity index (χ2n) is 5.66. The summed E-state index contributed by atoms with van der Waals surface area (Å²) >= 11 is 0. The van der Waals surface area contributed by atoms with Crippen molar-refractivity contribution in [3.05, 3.63) is 78.4 Å². The van der Waals surface area contributed by atoms with E-state index in [1.165, 1.54) is 4.85 Å². The molecule has 4 aromatic rings. The first kappa shape index (κ1) is 14.4. The van der Waals surface area contributed by atoms with Gasteiger partial charge in [-0.2, -0.15) is 0 Å². The molecule has 1 unspecified atom stereocenters. The summed E-state index contributed by atoms with van der Waals surface area (Å²) in [6.45, 7) is 2.57. The highest BCUT2D eigenvalue weighted by molar-refractivity contribution is 5.74. The van der Waals surface area contributed by atoms with Crippen LogP contribution in [0.1, 0.15) is 24.1 Å². The molecule has 0 N–H and O–H groups in total. The first-order valence-electron chi connectivity index (χ1n) is 7.81. The lowest BCUT2D eigenvalue weighted by molar-refractivity contribution is 0.0751. The number of aromatic nitrogens is 5. The van der Waals surface area contributed by atoms with E-state index in [1.807, 2.05) is 48.9 Å². The zero-order valence-electron chi connectivity index (χ0n) is 13.3. The molecule has 2 heterocycles. The third-order valence-electron chi connectivity index (χ3n) is 4.09. The van der Waals surface area contributed by atoms with E-state index in [2.05, 4.69) is 38.9 Å². The molecule has 0 fully saturated rings. The summed E-state index contributed by atoms with van der Waals surface area (Å²) in [6, 6.07) is 16.3. The van der Waals surface area contributed by atoms with Crippen LogP contribution in [0.15, 0.2) is 67.3 Å². The minimum absolute atomic E-state index is 0.175. The van der Waals surface area contributed by atoms with Gasteiger partial charge in [0.1, 0.15) is 17.6 Å². The third-order valence-corrected chi connectivity index (χ3v) is 4.09. The zero-order chi connectivity index (χ0) is 16.4. The second kappa shape index (κ2) is 6.16. The summed E-state index contributed by atoms with van der Waals surface area (Å²) in [5, 5.41) is 8.26. The molecule has 6 nitrogen and oxygen atoms in total. The highest BCUT2D eigenvalue weighted by atomic mass is 16.7. The SMILES string of the molecule is CC(c1ccc2nnn(OCc3ccccc3)c2c1)n1ccnc1. The van der Waals surface area contributed by atoms with Crippen molar-refractivity contribution in [1.29, 1.82) is 0 Å². The van der Waals surface area contributed by atoms with Crippen molar-refractivity contribution in [1.82, 2.24) is 24.7 Å². The summed E-state index contributed by atoms with van der Waals surface area (Å²) in [5.41, 5.74) is 3.90. The highest BCUT2D eigenvalue weighted by Gasteiger charge is 2.12. The maximum atomic E-state index is 5.79. The van der Waals surface area contributed by atoms with Gasteiger partial charge in [-0.25, -0.2) is 4.98 Å². The fraction of sp³-hybridized carbons (Fsp3) is 0.167. The van der Waals surface area contributed by atoms with Crippen LogP contribution in [0.5, 0.6) is 0 Å². The normalized spacial score (nSPS) is 12.4. The average molecular weight is 319 g/mol. The summed E-state index contributed by atoms with van der Waals surface area (Å²) in [7, 11) is 0. The highest BCUT2D eigenvalue weighted by Crippen LogP contribution is 2.21. The molecule has 4 rings (SSSR count). The Bertz CT molecular complexity index is 931. The molecule has 24 heavy (non-hydrogen) atoms. The lowest BCUT2D eigenvalue weighted by atomic mass is 10.1. The van der Waals surface area contributed by atoms with Crippen LogP contribution in [-0.4, -0.2) is 24.7 Å². The van der Waals surface area contributed by atoms with Crippen LogP contribution in [0.4, 0.5) is 0 Å². The second-order valence-corrected chi connectivity index (χ2v) is 5.66. The average Bonchev–Trinajstić information content (AvgIpc) is 3.30. The zero-order valence-corrected chi connectivity index (χ0v) is 13.3. The largest absolute Gasteiger partial charge is 0.390 e. The number of nitrogens with zero attached hydrogens (tertiary/aromatic N) is 5. The number of fused-ring (bicyclic) bond motifs is 1. The molecule has 2 aromatic carbocycles. The van der Waals surface area contributed by atoms with Crippen molar-refractivity contribution in [2.24, 2.45) is 0 Å². The number of imidazole rings is 1. The van der Waals surface area contributed by atoms with Crippen LogP contribution >= 0.6 is 0 Å². The lowest BCUT2D eigenvalue weighted by Crippen LogP contribution is -2.13. The van der Waals surface area contributed by atoms with Crippen molar-refractivity contribution in [3.8, 4) is 0 Å². The first-order valence-corrected chi connectivity index (χ1v) is 7.81. The minimum Gasteiger partial charge on any atom is -0.390 e. The molecule has 1 atom stereocenters. The predicted molar refractivity (Wildman–Crippen MR) is 90.3 cm³/mol. The van der Waals surface area contributed by atoms with E-state index < -0.39 is 0 Å². The van der Waals surface area contributed by atoms with Crippen LogP contribution in [0.3, 0.4) is 0 Å². The van der Waals surface area contributed by atoms with E-state index in [1.54, 1.807) is 6.20 Å². The molecule has 2 aromatic heterocycles. The standard InChI is InChI=1S/C18H17N5O/c1-14(22-10-9-19-13-22)16-7-8-17-18(11-16)23(21-20-17)24-12-15-5-3-2-4-6-15/h2-11,13-14H,12H2,1H3. The molecular formula is C18H17N5O. The Morgan fingerprint density at radius 3 is 2.79 bits per heavy atom. The minimum atomic E-state index is 0.175. The molecule has 0 aliphatic heterocycles. The van der Waals surface area contributed by atoms with Crippen molar-refractivity contribution in [2.75, 3.05) is 0 Å². The molecule has 120 valence electrons. The van der Waals surface area contributed by atoms with Gasteiger partial charge in [0.2, 0.25) is 0 Å². The maximum absolute atomic E-state index is 5.79.